The van der Waals surface area contributed by atoms with Crippen LogP contribution < -0.4 is 10.2 Å². The molecule has 8 heteroatoms. The monoisotopic (exact) mass is 513 g/mol. The van der Waals surface area contributed by atoms with Gasteiger partial charge in [-0.15, -0.1) is 0 Å². The third-order valence-electron chi connectivity index (χ3n) is 7.33. The highest BCUT2D eigenvalue weighted by Gasteiger charge is 2.22. The predicted molar refractivity (Wildman–Crippen MR) is 153 cm³/mol. The molecule has 2 aromatic carbocycles. The van der Waals surface area contributed by atoms with Crippen molar-refractivity contribution >= 4 is 22.6 Å². The van der Waals surface area contributed by atoms with Gasteiger partial charge in [0, 0.05) is 51.0 Å². The molecule has 0 aliphatic carbocycles. The molecule has 200 valence electrons. The zero-order valence-electron chi connectivity index (χ0n) is 23.2. The lowest BCUT2D eigenvalue weighted by atomic mass is 9.87. The zero-order valence-corrected chi connectivity index (χ0v) is 23.2. The smallest absolute Gasteiger partial charge is 0.239 e. The molecule has 0 spiro atoms. The molecule has 2 N–H and O–H groups in total. The lowest BCUT2D eigenvalue weighted by molar-refractivity contribution is -0.121. The van der Waals surface area contributed by atoms with E-state index in [1.165, 1.54) is 11.3 Å². The highest BCUT2D eigenvalue weighted by Crippen LogP contribution is 2.30. The predicted octanol–water partition coefficient (Wildman–Crippen LogP) is 4.49. The van der Waals surface area contributed by atoms with Crippen LogP contribution in [0.5, 0.6) is 0 Å². The van der Waals surface area contributed by atoms with Crippen molar-refractivity contribution in [2.45, 2.75) is 53.1 Å². The van der Waals surface area contributed by atoms with E-state index in [2.05, 4.69) is 83.3 Å². The number of hydrogen-bond acceptors (Lipinski definition) is 5. The van der Waals surface area contributed by atoms with E-state index in [1.807, 2.05) is 24.6 Å². The molecule has 5 rings (SSSR count). The quantitative estimate of drug-likeness (QED) is 0.381. The van der Waals surface area contributed by atoms with Gasteiger partial charge in [0.15, 0.2) is 0 Å². The number of fused-ring (bicyclic) bond motifs is 1. The highest BCUT2D eigenvalue weighted by atomic mass is 16.1. The average molecular weight is 514 g/mol. The number of aromatic nitrogens is 4. The second kappa shape index (κ2) is 10.6. The van der Waals surface area contributed by atoms with E-state index >= 15 is 0 Å². The van der Waals surface area contributed by atoms with Crippen LogP contribution in [0.4, 0.5) is 5.69 Å². The molecule has 1 amide bonds. The molecule has 0 saturated carbocycles. The molecule has 0 radical (unpaired) electrons. The number of nitrogens with zero attached hydrogens (tertiary/aromatic N) is 5. The Hall–Kier alpha value is -3.65. The Kier molecular flexibility index (Phi) is 7.25. The first kappa shape index (κ1) is 26.0. The number of aromatic amines is 1. The van der Waals surface area contributed by atoms with E-state index in [1.54, 1.807) is 0 Å². The summed E-state index contributed by atoms with van der Waals surface area (Å²) in [5.74, 6) is 1.80. The number of anilines is 1. The number of nitrogens with one attached hydrogen (secondary N) is 2. The fraction of sp³-hybridized carbons (Fsp3) is 0.433. The summed E-state index contributed by atoms with van der Waals surface area (Å²) in [5, 5.41) is 2.85. The second-order valence-corrected chi connectivity index (χ2v) is 11.2. The Morgan fingerprint density at radius 2 is 1.76 bits per heavy atom. The minimum absolute atomic E-state index is 0.0192. The minimum atomic E-state index is 0.0192. The number of carbonyl (C=O) groups excluding carboxylic acids is 1. The maximum Gasteiger partial charge on any atom is 0.239 e. The maximum atomic E-state index is 12.0. The largest absolute Gasteiger partial charge is 0.367 e. The highest BCUT2D eigenvalue weighted by molar-refractivity contribution is 5.91. The number of carbonyl (C=O) groups is 1. The van der Waals surface area contributed by atoms with Gasteiger partial charge in [0.25, 0.3) is 0 Å². The summed E-state index contributed by atoms with van der Waals surface area (Å²) >= 11 is 0. The summed E-state index contributed by atoms with van der Waals surface area (Å²) < 4.78 is 1.93. The first-order valence-electron chi connectivity index (χ1n) is 13.6. The van der Waals surface area contributed by atoms with Crippen molar-refractivity contribution in [1.29, 1.82) is 0 Å². The van der Waals surface area contributed by atoms with Crippen LogP contribution >= 0.6 is 0 Å². The molecule has 0 unspecified atom stereocenters. The van der Waals surface area contributed by atoms with Crippen molar-refractivity contribution in [3.05, 3.63) is 65.7 Å². The number of imidazole rings is 2. The third kappa shape index (κ3) is 5.60. The van der Waals surface area contributed by atoms with Crippen LogP contribution in [0.2, 0.25) is 0 Å². The van der Waals surface area contributed by atoms with Gasteiger partial charge in [-0.2, -0.15) is 0 Å². The number of H-pyrrole nitrogens is 1. The summed E-state index contributed by atoms with van der Waals surface area (Å²) in [6, 6.07) is 15.1. The van der Waals surface area contributed by atoms with Crippen molar-refractivity contribution in [1.82, 2.24) is 29.7 Å². The second-order valence-electron chi connectivity index (χ2n) is 11.2. The summed E-state index contributed by atoms with van der Waals surface area (Å²) in [7, 11) is 0. The number of hydrogen-bond donors (Lipinski definition) is 2. The van der Waals surface area contributed by atoms with Crippen LogP contribution in [-0.4, -0.2) is 63.0 Å². The van der Waals surface area contributed by atoms with Gasteiger partial charge >= 0.3 is 0 Å². The standard InChI is InChI=1S/C30H39N7O/c1-6-31-27(38)20-37-19-24(32-21(37)2)18-35-14-16-36(17-15-35)26-9-7-8-25-28(26)34-29(33-25)22-10-12-23(13-11-22)30(3,4)5/h7-13,19H,6,14-18,20H2,1-5H3,(H,31,38)(H,33,34). The Balaban J connectivity index is 1.25. The Labute approximate surface area is 225 Å². The van der Waals surface area contributed by atoms with Crippen LogP contribution in [0.15, 0.2) is 48.7 Å². The molecule has 4 aromatic rings. The van der Waals surface area contributed by atoms with Crippen LogP contribution in [-0.2, 0) is 23.3 Å². The molecule has 1 aliphatic heterocycles. The van der Waals surface area contributed by atoms with Gasteiger partial charge in [-0.3, -0.25) is 9.69 Å². The van der Waals surface area contributed by atoms with E-state index in [0.29, 0.717) is 13.1 Å². The van der Waals surface area contributed by atoms with Crippen molar-refractivity contribution < 1.29 is 4.79 Å². The summed E-state index contributed by atoms with van der Waals surface area (Å²) in [6.45, 7) is 16.1. The number of amides is 1. The van der Waals surface area contributed by atoms with Gasteiger partial charge in [0.2, 0.25) is 5.91 Å². The molecular weight excluding hydrogens is 474 g/mol. The van der Waals surface area contributed by atoms with Crippen molar-refractivity contribution in [3.63, 3.8) is 0 Å². The fourth-order valence-electron chi connectivity index (χ4n) is 5.13. The Morgan fingerprint density at radius 1 is 1.03 bits per heavy atom. The van der Waals surface area contributed by atoms with E-state index in [4.69, 9.17) is 9.97 Å². The number of para-hydroxylation sites is 1. The number of rotatable bonds is 7. The van der Waals surface area contributed by atoms with Crippen molar-refractivity contribution in [2.75, 3.05) is 37.6 Å². The molecule has 1 aliphatic rings. The third-order valence-corrected chi connectivity index (χ3v) is 7.33. The van der Waals surface area contributed by atoms with Crippen LogP contribution in [0.3, 0.4) is 0 Å². The zero-order chi connectivity index (χ0) is 26.9. The molecule has 8 nitrogen and oxygen atoms in total. The lowest BCUT2D eigenvalue weighted by Crippen LogP contribution is -2.46. The van der Waals surface area contributed by atoms with Crippen molar-refractivity contribution in [2.24, 2.45) is 0 Å². The van der Waals surface area contributed by atoms with Crippen molar-refractivity contribution in [3.8, 4) is 11.4 Å². The molecule has 3 heterocycles. The first-order valence-corrected chi connectivity index (χ1v) is 13.6. The van der Waals surface area contributed by atoms with Gasteiger partial charge < -0.3 is 19.8 Å². The molecule has 38 heavy (non-hydrogen) atoms. The van der Waals surface area contributed by atoms with Crippen LogP contribution in [0.25, 0.3) is 22.4 Å². The number of aryl methyl sites for hydroxylation is 1. The lowest BCUT2D eigenvalue weighted by Gasteiger charge is -2.35. The van der Waals surface area contributed by atoms with E-state index in [0.717, 1.165) is 66.7 Å². The molecular formula is C30H39N7O. The maximum absolute atomic E-state index is 12.0. The SMILES string of the molecule is CCNC(=O)Cn1cc(CN2CCN(c3cccc4[nH]c(-c5ccc(C(C)(C)C)cc5)nc34)CC2)nc1C. The molecule has 0 atom stereocenters. The number of benzene rings is 2. The summed E-state index contributed by atoms with van der Waals surface area (Å²) in [5.41, 5.74) is 6.83. The Bertz CT molecular complexity index is 1400. The van der Waals surface area contributed by atoms with E-state index in [-0.39, 0.29) is 11.3 Å². The van der Waals surface area contributed by atoms with Gasteiger partial charge in [-0.1, -0.05) is 51.1 Å². The average Bonchev–Trinajstić information content (AvgIpc) is 3.47. The summed E-state index contributed by atoms with van der Waals surface area (Å²) in [6.07, 6.45) is 2.01. The number of likely N-dealkylation sites (N-methyl/N-ethyl adjacent to an activating group) is 1. The van der Waals surface area contributed by atoms with Gasteiger partial charge in [0.05, 0.1) is 16.9 Å². The van der Waals surface area contributed by atoms with Crippen LogP contribution in [0, 0.1) is 6.92 Å². The molecule has 0 bridgehead atoms. The topological polar surface area (TPSA) is 82.1 Å². The molecule has 1 fully saturated rings. The number of piperazine rings is 1. The Morgan fingerprint density at radius 3 is 2.45 bits per heavy atom. The molecule has 1 saturated heterocycles. The van der Waals surface area contributed by atoms with E-state index < -0.39 is 0 Å². The van der Waals surface area contributed by atoms with E-state index in [9.17, 15) is 4.79 Å². The first-order chi connectivity index (χ1) is 18.2. The van der Waals surface area contributed by atoms with Crippen LogP contribution in [0.1, 0.15) is 44.8 Å². The minimum Gasteiger partial charge on any atom is -0.367 e. The fourth-order valence-corrected chi connectivity index (χ4v) is 5.13. The molecule has 2 aromatic heterocycles. The summed E-state index contributed by atoms with van der Waals surface area (Å²) in [4.78, 5) is 30.1. The van der Waals surface area contributed by atoms with Gasteiger partial charge in [-0.05, 0) is 37.0 Å². The van der Waals surface area contributed by atoms with Gasteiger partial charge in [0.1, 0.15) is 23.7 Å². The van der Waals surface area contributed by atoms with Gasteiger partial charge in [-0.25, -0.2) is 9.97 Å². The normalized spacial score (nSPS) is 14.8.